The first kappa shape index (κ1) is 29.7. The first-order valence-corrected chi connectivity index (χ1v) is 15.4. The van der Waals surface area contributed by atoms with Crippen LogP contribution in [0, 0.1) is 7.14 Å². The summed E-state index contributed by atoms with van der Waals surface area (Å²) in [4.78, 5) is 0. The van der Waals surface area contributed by atoms with Crippen molar-refractivity contribution in [1.82, 2.24) is 0 Å². The summed E-state index contributed by atoms with van der Waals surface area (Å²) in [5, 5.41) is 0. The summed E-state index contributed by atoms with van der Waals surface area (Å²) < 4.78 is 37.4. The SMILES string of the molecule is CCCCCCOc1ccc(-c2cc([I+]c3ccc(OCC)cc3OCC)c(OC)c(OC)c2OC)cc1. The Kier molecular flexibility index (Phi) is 12.2. The monoisotopic (exact) mass is 635 g/mol. The molecule has 7 heteroatoms. The lowest BCUT2D eigenvalue weighted by Gasteiger charge is -2.16. The van der Waals surface area contributed by atoms with E-state index in [2.05, 4.69) is 31.2 Å². The minimum Gasteiger partial charge on any atom is -0.494 e. The first-order valence-electron chi connectivity index (χ1n) is 13.2. The van der Waals surface area contributed by atoms with E-state index in [-0.39, 0.29) is 0 Å². The zero-order valence-electron chi connectivity index (χ0n) is 23.4. The molecule has 206 valence electrons. The summed E-state index contributed by atoms with van der Waals surface area (Å²) in [5.41, 5.74) is 1.96. The molecule has 6 nitrogen and oxygen atoms in total. The average Bonchev–Trinajstić information content (AvgIpc) is 2.94. The van der Waals surface area contributed by atoms with Crippen LogP contribution in [0.25, 0.3) is 11.1 Å². The van der Waals surface area contributed by atoms with Crippen LogP contribution >= 0.6 is 0 Å². The fourth-order valence-electron chi connectivity index (χ4n) is 4.10. The van der Waals surface area contributed by atoms with Crippen molar-refractivity contribution in [2.24, 2.45) is 0 Å². The Morgan fingerprint density at radius 3 is 1.92 bits per heavy atom. The molecule has 38 heavy (non-hydrogen) atoms. The smallest absolute Gasteiger partial charge is 0.366 e. The molecular formula is C31H40IO6+. The molecule has 0 saturated heterocycles. The number of methoxy groups -OCH3 is 3. The molecule has 0 aliphatic heterocycles. The van der Waals surface area contributed by atoms with Crippen molar-refractivity contribution < 1.29 is 49.6 Å². The molecule has 0 atom stereocenters. The first-order chi connectivity index (χ1) is 18.6. The molecular weight excluding hydrogens is 595 g/mol. The highest BCUT2D eigenvalue weighted by Gasteiger charge is 2.32. The van der Waals surface area contributed by atoms with Gasteiger partial charge in [-0.15, -0.1) is 0 Å². The lowest BCUT2D eigenvalue weighted by Crippen LogP contribution is -3.61. The molecule has 0 bridgehead atoms. The van der Waals surface area contributed by atoms with Crippen LogP contribution in [0.3, 0.4) is 0 Å². The molecule has 0 saturated carbocycles. The van der Waals surface area contributed by atoms with Gasteiger partial charge in [0.05, 0.1) is 41.2 Å². The molecule has 3 aromatic carbocycles. The highest BCUT2D eigenvalue weighted by molar-refractivity contribution is 5.76. The Morgan fingerprint density at radius 1 is 0.605 bits per heavy atom. The minimum atomic E-state index is -0.692. The molecule has 0 fully saturated rings. The molecule has 0 aliphatic carbocycles. The predicted octanol–water partition coefficient (Wildman–Crippen LogP) is 4.26. The zero-order valence-corrected chi connectivity index (χ0v) is 25.6. The molecule has 0 radical (unpaired) electrons. The number of halogens is 1. The van der Waals surface area contributed by atoms with E-state index in [0.29, 0.717) is 30.5 Å². The highest BCUT2D eigenvalue weighted by atomic mass is 127. The van der Waals surface area contributed by atoms with Crippen molar-refractivity contribution in [2.45, 2.75) is 46.5 Å². The molecule has 0 aliphatic rings. The maximum atomic E-state index is 5.99. The quantitative estimate of drug-likeness (QED) is 0.173. The maximum Gasteiger partial charge on any atom is 0.366 e. The third-order valence-corrected chi connectivity index (χ3v) is 8.76. The summed E-state index contributed by atoms with van der Waals surface area (Å²) in [5.74, 6) is 4.42. The topological polar surface area (TPSA) is 55.4 Å². The lowest BCUT2D eigenvalue weighted by atomic mass is 10.0. The second-order valence-electron chi connectivity index (χ2n) is 8.49. The summed E-state index contributed by atoms with van der Waals surface area (Å²) >= 11 is -0.692. The molecule has 0 spiro atoms. The van der Waals surface area contributed by atoms with Gasteiger partial charge in [0.2, 0.25) is 18.6 Å². The van der Waals surface area contributed by atoms with Gasteiger partial charge in [-0.3, -0.25) is 0 Å². The Bertz CT molecular complexity index is 1150. The van der Waals surface area contributed by atoms with E-state index in [9.17, 15) is 0 Å². The van der Waals surface area contributed by atoms with Crippen molar-refractivity contribution in [2.75, 3.05) is 41.2 Å². The Balaban J connectivity index is 1.98. The maximum absolute atomic E-state index is 5.99. The van der Waals surface area contributed by atoms with E-state index in [1.54, 1.807) is 21.3 Å². The summed E-state index contributed by atoms with van der Waals surface area (Å²) in [6, 6.07) is 16.4. The van der Waals surface area contributed by atoms with Gasteiger partial charge < -0.3 is 28.4 Å². The van der Waals surface area contributed by atoms with Crippen LogP contribution in [-0.2, 0) is 0 Å². The van der Waals surface area contributed by atoms with E-state index in [0.717, 1.165) is 48.5 Å². The van der Waals surface area contributed by atoms with Crippen LogP contribution in [0.5, 0.6) is 34.5 Å². The second kappa shape index (κ2) is 15.6. The van der Waals surface area contributed by atoms with Crippen LogP contribution in [-0.4, -0.2) is 41.2 Å². The average molecular weight is 636 g/mol. The van der Waals surface area contributed by atoms with Crippen molar-refractivity contribution in [3.05, 3.63) is 55.7 Å². The van der Waals surface area contributed by atoms with Crippen LogP contribution in [0.15, 0.2) is 48.5 Å². The van der Waals surface area contributed by atoms with Gasteiger partial charge in [-0.2, -0.15) is 0 Å². The van der Waals surface area contributed by atoms with E-state index < -0.39 is 21.2 Å². The van der Waals surface area contributed by atoms with E-state index in [1.165, 1.54) is 19.3 Å². The third-order valence-electron chi connectivity index (χ3n) is 5.91. The molecule has 3 aromatic rings. The number of benzene rings is 3. The van der Waals surface area contributed by atoms with Crippen molar-refractivity contribution >= 4 is 0 Å². The van der Waals surface area contributed by atoms with E-state index in [4.69, 9.17) is 28.4 Å². The molecule has 0 N–H and O–H groups in total. The van der Waals surface area contributed by atoms with Gasteiger partial charge in [-0.1, -0.05) is 38.3 Å². The Hall–Kier alpha value is -2.81. The van der Waals surface area contributed by atoms with Crippen LogP contribution in [0.1, 0.15) is 46.5 Å². The molecule has 3 rings (SSSR count). The fourth-order valence-corrected chi connectivity index (χ4v) is 6.84. The summed E-state index contributed by atoms with van der Waals surface area (Å²) in [6.07, 6.45) is 4.73. The van der Waals surface area contributed by atoms with Crippen molar-refractivity contribution in [3.63, 3.8) is 0 Å². The Labute approximate surface area is 237 Å². The molecule has 0 amide bonds. The predicted molar refractivity (Wildman–Crippen MR) is 147 cm³/mol. The minimum absolute atomic E-state index is 0.577. The summed E-state index contributed by atoms with van der Waals surface area (Å²) in [7, 11) is 4.96. The van der Waals surface area contributed by atoms with Crippen molar-refractivity contribution in [3.8, 4) is 45.6 Å². The third kappa shape index (κ3) is 7.62. The highest BCUT2D eigenvalue weighted by Crippen LogP contribution is 2.44. The van der Waals surface area contributed by atoms with Crippen molar-refractivity contribution in [1.29, 1.82) is 0 Å². The number of rotatable bonds is 16. The van der Waals surface area contributed by atoms with Gasteiger partial charge in [0.1, 0.15) is 11.5 Å². The van der Waals surface area contributed by atoms with Crippen LogP contribution in [0.2, 0.25) is 0 Å². The number of ether oxygens (including phenoxy) is 6. The van der Waals surface area contributed by atoms with Gasteiger partial charge in [0.25, 0.3) is 0 Å². The standard InChI is InChI=1S/C31H40IO6/c1-7-10-11-12-19-38-23-15-13-22(14-16-23)25-21-27(30(34-5)31(35-6)29(25)33-4)32-26-18-17-24(36-8-2)20-28(26)37-9-3/h13-18,20-21H,7-12,19H2,1-6H3/q+1. The fraction of sp³-hybridized carbons (Fsp3) is 0.419. The van der Waals surface area contributed by atoms with Crippen LogP contribution < -0.4 is 49.6 Å². The molecule has 0 heterocycles. The van der Waals surface area contributed by atoms with Crippen LogP contribution in [0.4, 0.5) is 0 Å². The van der Waals surface area contributed by atoms with Gasteiger partial charge in [-0.05, 0) is 50.1 Å². The normalized spacial score (nSPS) is 10.7. The number of unbranched alkanes of at least 4 members (excludes halogenated alkanes) is 3. The lowest BCUT2D eigenvalue weighted by molar-refractivity contribution is -0.598. The molecule has 0 aromatic heterocycles. The largest absolute Gasteiger partial charge is 0.494 e. The number of hydrogen-bond donors (Lipinski definition) is 0. The number of hydrogen-bond acceptors (Lipinski definition) is 6. The van der Waals surface area contributed by atoms with Gasteiger partial charge in [0, 0.05) is 17.7 Å². The van der Waals surface area contributed by atoms with E-state index in [1.807, 2.05) is 38.1 Å². The summed E-state index contributed by atoms with van der Waals surface area (Å²) in [6.45, 7) is 8.10. The van der Waals surface area contributed by atoms with Gasteiger partial charge in [0.15, 0.2) is 11.5 Å². The Morgan fingerprint density at radius 2 is 1.29 bits per heavy atom. The zero-order chi connectivity index (χ0) is 27.3. The van der Waals surface area contributed by atoms with Gasteiger partial charge in [-0.25, -0.2) is 0 Å². The van der Waals surface area contributed by atoms with E-state index >= 15 is 0 Å². The molecule has 0 unspecified atom stereocenters. The second-order valence-corrected chi connectivity index (χ2v) is 11.4. The van der Waals surface area contributed by atoms with Gasteiger partial charge >= 0.3 is 21.2 Å².